The van der Waals surface area contributed by atoms with E-state index in [2.05, 4.69) is 84.7 Å². The second-order valence-corrected chi connectivity index (χ2v) is 17.1. The van der Waals surface area contributed by atoms with E-state index >= 15 is 0 Å². The van der Waals surface area contributed by atoms with Gasteiger partial charge in [-0.2, -0.15) is 0 Å². The Kier molecular flexibility index (Phi) is 10.8. The molecule has 0 aliphatic carbocycles. The Morgan fingerprint density at radius 1 is 0.640 bits per heavy atom. The number of fused-ring (bicyclic) bond motifs is 4. The molecule has 8 aromatic rings. The number of nitrogen functional groups attached to an aromatic ring is 2. The van der Waals surface area contributed by atoms with E-state index in [0.717, 1.165) is 98.4 Å². The van der Waals surface area contributed by atoms with Gasteiger partial charge >= 0.3 is 0 Å². The first-order chi connectivity index (χ1) is 24.3. The first kappa shape index (κ1) is 35.0. The fourth-order valence-corrected chi connectivity index (χ4v) is 10.4. The number of benzene rings is 2. The van der Waals surface area contributed by atoms with Crippen LogP contribution in [0.5, 0.6) is 0 Å². The molecular formula is C32H30Br2N12S4. The third kappa shape index (κ3) is 7.18. The average Bonchev–Trinajstić information content (AvgIpc) is 3.88. The molecule has 6 aromatic heterocycles. The summed E-state index contributed by atoms with van der Waals surface area (Å²) < 4.78 is 10.5. The van der Waals surface area contributed by atoms with E-state index in [9.17, 15) is 0 Å². The number of nitrogens with zero attached hydrogens (tertiary/aromatic N) is 10. The Morgan fingerprint density at radius 2 is 1.08 bits per heavy atom. The van der Waals surface area contributed by atoms with Crippen LogP contribution >= 0.6 is 78.1 Å². The molecule has 0 saturated carbocycles. The molecule has 4 N–H and O–H groups in total. The number of anilines is 2. The van der Waals surface area contributed by atoms with Gasteiger partial charge in [0.15, 0.2) is 53.0 Å². The predicted octanol–water partition coefficient (Wildman–Crippen LogP) is 9.46. The number of aromatic nitrogens is 10. The number of unbranched alkanes of at least 4 members (excludes halogenated alkanes) is 2. The van der Waals surface area contributed by atoms with Crippen LogP contribution in [0.15, 0.2) is 77.0 Å². The van der Waals surface area contributed by atoms with Gasteiger partial charge in [-0.3, -0.25) is 0 Å². The zero-order valence-corrected chi connectivity index (χ0v) is 33.3. The highest BCUT2D eigenvalue weighted by Gasteiger charge is 2.19. The van der Waals surface area contributed by atoms with Gasteiger partial charge in [-0.1, -0.05) is 38.8 Å². The molecule has 0 amide bonds. The quantitative estimate of drug-likeness (QED) is 0.134. The number of nitrogens with two attached hydrogens (primary N) is 2. The number of hydrogen-bond donors (Lipinski definition) is 2. The van der Waals surface area contributed by atoms with Crippen LogP contribution in [0.1, 0.15) is 39.5 Å². The number of thiazole rings is 2. The van der Waals surface area contributed by atoms with Gasteiger partial charge in [0.2, 0.25) is 0 Å². The van der Waals surface area contributed by atoms with Crippen LogP contribution in [-0.4, -0.2) is 49.0 Å². The summed E-state index contributed by atoms with van der Waals surface area (Å²) in [5.74, 6) is 0.822. The molecule has 2 aromatic carbocycles. The number of halogens is 2. The normalized spacial score (nSPS) is 11.6. The van der Waals surface area contributed by atoms with Crippen LogP contribution in [0.2, 0.25) is 0 Å². The molecule has 0 saturated heterocycles. The summed E-state index contributed by atoms with van der Waals surface area (Å²) in [4.78, 5) is 35.7. The first-order valence-corrected chi connectivity index (χ1v) is 20.6. The number of aryl methyl sites for hydroxylation is 2. The van der Waals surface area contributed by atoms with Crippen LogP contribution in [0, 0.1) is 0 Å². The van der Waals surface area contributed by atoms with E-state index in [-0.39, 0.29) is 0 Å². The molecule has 0 fully saturated rings. The highest BCUT2D eigenvalue weighted by molar-refractivity contribution is 9.11. The van der Waals surface area contributed by atoms with Crippen LogP contribution in [0.25, 0.3) is 42.8 Å². The second kappa shape index (κ2) is 15.4. The van der Waals surface area contributed by atoms with Crippen LogP contribution in [-0.2, 0) is 13.1 Å². The molecule has 0 aliphatic rings. The summed E-state index contributed by atoms with van der Waals surface area (Å²) in [6.45, 7) is 6.03. The molecule has 8 rings (SSSR count). The van der Waals surface area contributed by atoms with Crippen molar-refractivity contribution in [2.75, 3.05) is 11.5 Å². The lowest BCUT2D eigenvalue weighted by atomic mass is 10.3. The van der Waals surface area contributed by atoms with Gasteiger partial charge in [-0.15, -0.1) is 22.7 Å². The summed E-state index contributed by atoms with van der Waals surface area (Å²) in [6, 6.07) is 12.1. The Labute approximate surface area is 320 Å². The number of hydrogen-bond acceptors (Lipinski definition) is 14. The maximum Gasteiger partial charge on any atom is 0.177 e. The van der Waals surface area contributed by atoms with E-state index in [0.29, 0.717) is 22.7 Å². The van der Waals surface area contributed by atoms with Gasteiger partial charge < -0.3 is 20.6 Å². The minimum atomic E-state index is 0.411. The lowest BCUT2D eigenvalue weighted by Crippen LogP contribution is -2.01. The van der Waals surface area contributed by atoms with Crippen molar-refractivity contribution in [2.24, 2.45) is 0 Å². The monoisotopic (exact) mass is 868 g/mol. The zero-order chi connectivity index (χ0) is 34.8. The fourth-order valence-electron chi connectivity index (χ4n) is 5.09. The Morgan fingerprint density at radius 3 is 1.48 bits per heavy atom. The lowest BCUT2D eigenvalue weighted by Gasteiger charge is -2.05. The first-order valence-electron chi connectivity index (χ1n) is 15.7. The van der Waals surface area contributed by atoms with Crippen molar-refractivity contribution in [1.82, 2.24) is 49.0 Å². The predicted molar refractivity (Wildman–Crippen MR) is 212 cm³/mol. The molecule has 256 valence electrons. The van der Waals surface area contributed by atoms with Crippen molar-refractivity contribution in [1.29, 1.82) is 0 Å². The smallest absolute Gasteiger partial charge is 0.177 e. The SMILES string of the molecule is CCCCn1c(Sc2nc3cccc(Br)c3s2)nc2c(N)ncnc21.CCCCn1c(Sc2nc3cccc(Br)c3s2)nc2c(N)ncnc21. The minimum Gasteiger partial charge on any atom is -0.382 e. The molecule has 12 nitrogen and oxygen atoms in total. The average molecular weight is 871 g/mol. The van der Waals surface area contributed by atoms with Crippen molar-refractivity contribution in [2.45, 2.75) is 71.6 Å². The third-order valence-electron chi connectivity index (χ3n) is 7.57. The van der Waals surface area contributed by atoms with E-state index in [4.69, 9.17) is 21.4 Å². The Balaban J connectivity index is 0.000000157. The van der Waals surface area contributed by atoms with Crippen molar-refractivity contribution >= 4 is 132 Å². The molecule has 0 aliphatic heterocycles. The summed E-state index contributed by atoms with van der Waals surface area (Å²) in [5.41, 5.74) is 16.8. The van der Waals surface area contributed by atoms with Gasteiger partial charge in [0.1, 0.15) is 12.7 Å². The third-order valence-corrected chi connectivity index (χ3v) is 13.7. The van der Waals surface area contributed by atoms with Gasteiger partial charge in [0.25, 0.3) is 0 Å². The van der Waals surface area contributed by atoms with Crippen molar-refractivity contribution in [3.63, 3.8) is 0 Å². The standard InChI is InChI=1S/2C16H15BrN6S2/c2*1-2-3-7-23-14-11(13(18)19-8-20-14)22-15(23)25-16-21-10-6-4-5-9(17)12(10)24-16/h2*4-6,8H,2-3,7H2,1H3,(H2,18,19,20). The number of rotatable bonds is 10. The fraction of sp³-hybridized carbons (Fsp3) is 0.250. The van der Waals surface area contributed by atoms with Crippen LogP contribution in [0.3, 0.4) is 0 Å². The van der Waals surface area contributed by atoms with Crippen LogP contribution in [0.4, 0.5) is 11.6 Å². The highest BCUT2D eigenvalue weighted by atomic mass is 79.9. The molecule has 6 heterocycles. The zero-order valence-electron chi connectivity index (χ0n) is 26.9. The molecule has 0 bridgehead atoms. The minimum absolute atomic E-state index is 0.411. The molecule has 0 spiro atoms. The summed E-state index contributed by atoms with van der Waals surface area (Å²) in [5, 5.41) is 1.71. The topological polar surface area (TPSA) is 165 Å². The van der Waals surface area contributed by atoms with E-state index in [1.165, 1.54) is 12.7 Å². The van der Waals surface area contributed by atoms with Crippen molar-refractivity contribution in [3.8, 4) is 0 Å². The van der Waals surface area contributed by atoms with E-state index in [1.54, 1.807) is 46.2 Å². The molecule has 50 heavy (non-hydrogen) atoms. The van der Waals surface area contributed by atoms with E-state index in [1.807, 2.05) is 36.4 Å². The summed E-state index contributed by atoms with van der Waals surface area (Å²) >= 11 is 13.6. The van der Waals surface area contributed by atoms with Gasteiger partial charge in [0, 0.05) is 22.0 Å². The van der Waals surface area contributed by atoms with Crippen molar-refractivity contribution in [3.05, 3.63) is 58.0 Å². The lowest BCUT2D eigenvalue weighted by molar-refractivity contribution is 0.598. The molecule has 0 unspecified atom stereocenters. The summed E-state index contributed by atoms with van der Waals surface area (Å²) in [7, 11) is 0. The molecule has 0 radical (unpaired) electrons. The Bertz CT molecular complexity index is 2290. The van der Waals surface area contributed by atoms with Gasteiger partial charge in [-0.25, -0.2) is 39.9 Å². The second-order valence-electron chi connectivity index (χ2n) is 11.0. The number of imidazole rings is 2. The van der Waals surface area contributed by atoms with Crippen molar-refractivity contribution < 1.29 is 0 Å². The largest absolute Gasteiger partial charge is 0.382 e. The molecular weight excluding hydrogens is 841 g/mol. The molecule has 18 heteroatoms. The molecule has 0 atom stereocenters. The highest BCUT2D eigenvalue weighted by Crippen LogP contribution is 2.40. The maximum atomic E-state index is 5.99. The van der Waals surface area contributed by atoms with E-state index < -0.39 is 0 Å². The maximum absolute atomic E-state index is 5.99. The van der Waals surface area contributed by atoms with Gasteiger partial charge in [0.05, 0.1) is 20.4 Å². The summed E-state index contributed by atoms with van der Waals surface area (Å²) in [6.07, 6.45) is 7.27. The van der Waals surface area contributed by atoms with Gasteiger partial charge in [-0.05, 0) is 92.5 Å². The van der Waals surface area contributed by atoms with Crippen LogP contribution < -0.4 is 11.5 Å². The Hall–Kier alpha value is -3.42.